The van der Waals surface area contributed by atoms with Gasteiger partial charge in [0.15, 0.2) is 0 Å². The quantitative estimate of drug-likeness (QED) is 0.327. The van der Waals surface area contributed by atoms with Crippen LogP contribution in [0, 0.1) is 53.3 Å². The van der Waals surface area contributed by atoms with Crippen LogP contribution in [0.1, 0.15) is 116 Å². The van der Waals surface area contributed by atoms with Crippen LogP contribution in [0.4, 0.5) is 0 Å². The highest BCUT2D eigenvalue weighted by molar-refractivity contribution is 5.41. The van der Waals surface area contributed by atoms with E-state index in [4.69, 9.17) is 0 Å². The Morgan fingerprint density at radius 3 is 1.29 bits per heavy atom. The Morgan fingerprint density at radius 2 is 0.974 bits per heavy atom. The molecule has 212 valence electrons. The van der Waals surface area contributed by atoms with Gasteiger partial charge in [0.25, 0.3) is 0 Å². The van der Waals surface area contributed by atoms with Crippen LogP contribution in [0.3, 0.4) is 0 Å². The molecule has 0 N–H and O–H groups in total. The van der Waals surface area contributed by atoms with E-state index < -0.39 is 0 Å². The van der Waals surface area contributed by atoms with Gasteiger partial charge >= 0.3 is 0 Å². The zero-order valence-electron chi connectivity index (χ0n) is 27.3. The second kappa shape index (κ2) is 12.7. The smallest absolute Gasteiger partial charge is 0.00184 e. The van der Waals surface area contributed by atoms with Crippen LogP contribution in [-0.2, 0) is 0 Å². The maximum atomic E-state index is 2.53. The average Bonchev–Trinajstić information content (AvgIpc) is 3.66. The third-order valence-electron chi connectivity index (χ3n) is 10.2. The fourth-order valence-electron chi connectivity index (χ4n) is 7.48. The number of hydrogen-bond donors (Lipinski definition) is 0. The maximum Gasteiger partial charge on any atom is 0.00184 e. The van der Waals surface area contributed by atoms with Gasteiger partial charge in [0.1, 0.15) is 0 Å². The van der Waals surface area contributed by atoms with E-state index >= 15 is 0 Å². The number of hydrogen-bond acceptors (Lipinski definition) is 0. The van der Waals surface area contributed by atoms with Crippen LogP contribution in [-0.4, -0.2) is 0 Å². The first-order chi connectivity index (χ1) is 17.7. The average molecular weight is 517 g/mol. The summed E-state index contributed by atoms with van der Waals surface area (Å²) in [6, 6.07) is 0. The van der Waals surface area contributed by atoms with Crippen LogP contribution >= 0.6 is 0 Å². The molecule has 6 aliphatic carbocycles. The standard InChI is InChI=1S/C13H20.C12H18.C9H12.C4H10/c1-8(2)5-12-6-11-7-13(12)10(4)9(11)3;1-7(2)11-5-10-6-12(11)9(4)8(10)3;1-6-7(2)9-4-3-8(6)5-9;1-4(2)3/h6,8,11,13H,5,7H2,1-4H3;5,7,10,12H,6H2,1-4H3;3-4,8-9H,5H2,1-2H3;4H,1-3H3. The molecule has 0 heteroatoms. The first kappa shape index (κ1) is 31.0. The van der Waals surface area contributed by atoms with Gasteiger partial charge < -0.3 is 0 Å². The predicted molar refractivity (Wildman–Crippen MR) is 170 cm³/mol. The lowest BCUT2D eigenvalue weighted by molar-refractivity contribution is 0.587. The lowest BCUT2D eigenvalue weighted by atomic mass is 9.86. The minimum absolute atomic E-state index is 0.753. The highest BCUT2D eigenvalue weighted by Crippen LogP contribution is 2.50. The van der Waals surface area contributed by atoms with Crippen molar-refractivity contribution < 1.29 is 0 Å². The number of allylic oxidation sites excluding steroid dienone is 12. The van der Waals surface area contributed by atoms with Crippen LogP contribution < -0.4 is 0 Å². The van der Waals surface area contributed by atoms with E-state index in [-0.39, 0.29) is 0 Å². The largest absolute Gasteiger partial charge is 0.0807 e. The van der Waals surface area contributed by atoms with Crippen molar-refractivity contribution in [2.75, 3.05) is 0 Å². The molecule has 0 heterocycles. The van der Waals surface area contributed by atoms with Gasteiger partial charge in [-0.2, -0.15) is 0 Å². The summed E-state index contributed by atoms with van der Waals surface area (Å²) in [7, 11) is 0. The summed E-state index contributed by atoms with van der Waals surface area (Å²) in [6.07, 6.45) is 15.2. The molecular formula is C38H60. The number of rotatable bonds is 3. The van der Waals surface area contributed by atoms with Gasteiger partial charge in [-0.25, -0.2) is 0 Å². The van der Waals surface area contributed by atoms with Crippen molar-refractivity contribution in [3.8, 4) is 0 Å². The molecule has 0 amide bonds. The highest BCUT2D eigenvalue weighted by Gasteiger charge is 2.37. The summed E-state index contributed by atoms with van der Waals surface area (Å²) < 4.78 is 0. The van der Waals surface area contributed by atoms with Gasteiger partial charge in [0.05, 0.1) is 0 Å². The molecule has 0 nitrogen and oxygen atoms in total. The van der Waals surface area contributed by atoms with E-state index in [1.165, 1.54) is 25.7 Å². The third-order valence-corrected chi connectivity index (χ3v) is 10.2. The molecule has 0 saturated heterocycles. The second-order valence-electron chi connectivity index (χ2n) is 14.6. The highest BCUT2D eigenvalue weighted by atomic mass is 14.4. The summed E-state index contributed by atoms with van der Waals surface area (Å²) in [6.45, 7) is 29.5. The summed E-state index contributed by atoms with van der Waals surface area (Å²) in [5, 5.41) is 0. The Hall–Kier alpha value is -1.56. The van der Waals surface area contributed by atoms with E-state index in [9.17, 15) is 0 Å². The molecular weight excluding hydrogens is 456 g/mol. The molecule has 0 fully saturated rings. The van der Waals surface area contributed by atoms with E-state index in [2.05, 4.69) is 114 Å². The molecule has 0 spiro atoms. The Labute approximate surface area is 237 Å². The Bertz CT molecular complexity index is 1020. The molecule has 6 atom stereocenters. The zero-order valence-corrected chi connectivity index (χ0v) is 27.3. The van der Waals surface area contributed by atoms with Gasteiger partial charge in [-0.15, -0.1) is 0 Å². The molecule has 0 aromatic rings. The molecule has 6 bridgehead atoms. The molecule has 6 rings (SSSR count). The van der Waals surface area contributed by atoms with Crippen molar-refractivity contribution in [1.82, 2.24) is 0 Å². The van der Waals surface area contributed by atoms with Crippen molar-refractivity contribution >= 4 is 0 Å². The third kappa shape index (κ3) is 6.77. The Balaban J connectivity index is 0.000000149. The van der Waals surface area contributed by atoms with Gasteiger partial charge in [-0.1, -0.05) is 117 Å². The van der Waals surface area contributed by atoms with Crippen molar-refractivity contribution in [3.63, 3.8) is 0 Å². The molecule has 0 aromatic heterocycles. The Morgan fingerprint density at radius 1 is 0.553 bits per heavy atom. The molecule has 0 saturated carbocycles. The van der Waals surface area contributed by atoms with E-state index in [0.717, 1.165) is 53.3 Å². The summed E-state index contributed by atoms with van der Waals surface area (Å²) in [5.74, 6) is 7.28. The zero-order chi connectivity index (χ0) is 28.5. The molecule has 6 unspecified atom stereocenters. The van der Waals surface area contributed by atoms with Crippen molar-refractivity contribution in [1.29, 1.82) is 0 Å². The first-order valence-corrected chi connectivity index (χ1v) is 15.8. The molecule has 38 heavy (non-hydrogen) atoms. The molecule has 0 radical (unpaired) electrons. The van der Waals surface area contributed by atoms with Gasteiger partial charge in [-0.05, 0) is 109 Å². The van der Waals surface area contributed by atoms with Gasteiger partial charge in [0, 0.05) is 11.8 Å². The topological polar surface area (TPSA) is 0 Å². The lowest BCUT2D eigenvalue weighted by Gasteiger charge is -2.19. The SMILES string of the molecule is CC(C)C.CC1=C(C)C2C=CC1C2.CC1=C(C)C2CC1C=C2C(C)C.CC1=C(C)C2CC1C=C2CC(C)C. The maximum absolute atomic E-state index is 2.53. The van der Waals surface area contributed by atoms with Crippen LogP contribution in [0.25, 0.3) is 0 Å². The van der Waals surface area contributed by atoms with E-state index in [1.54, 1.807) is 44.6 Å². The van der Waals surface area contributed by atoms with Crippen molar-refractivity contribution in [2.24, 2.45) is 53.3 Å². The van der Waals surface area contributed by atoms with Crippen LogP contribution in [0.2, 0.25) is 0 Å². The fourth-order valence-corrected chi connectivity index (χ4v) is 7.48. The molecule has 6 aliphatic rings. The molecule has 0 aliphatic heterocycles. The minimum atomic E-state index is 0.753. The van der Waals surface area contributed by atoms with Gasteiger partial charge in [0.2, 0.25) is 0 Å². The van der Waals surface area contributed by atoms with E-state index in [0.29, 0.717) is 0 Å². The van der Waals surface area contributed by atoms with Crippen LogP contribution in [0.5, 0.6) is 0 Å². The second-order valence-corrected chi connectivity index (χ2v) is 14.6. The Kier molecular flexibility index (Phi) is 10.4. The number of fused-ring (bicyclic) bond motifs is 6. The summed E-state index contributed by atoms with van der Waals surface area (Å²) >= 11 is 0. The molecule has 0 aromatic carbocycles. The van der Waals surface area contributed by atoms with Crippen molar-refractivity contribution in [3.05, 3.63) is 68.9 Å². The van der Waals surface area contributed by atoms with Gasteiger partial charge in [-0.3, -0.25) is 0 Å². The first-order valence-electron chi connectivity index (χ1n) is 15.8. The lowest BCUT2D eigenvalue weighted by Crippen LogP contribution is -2.06. The normalized spacial score (nSPS) is 31.7. The summed E-state index contributed by atoms with van der Waals surface area (Å²) in [5.41, 5.74) is 13.3. The monoisotopic (exact) mass is 516 g/mol. The minimum Gasteiger partial charge on any atom is -0.0807 e. The summed E-state index contributed by atoms with van der Waals surface area (Å²) in [4.78, 5) is 0. The van der Waals surface area contributed by atoms with Crippen LogP contribution in [0.15, 0.2) is 68.9 Å². The fraction of sp³-hybridized carbons (Fsp3) is 0.684. The predicted octanol–water partition coefficient (Wildman–Crippen LogP) is 11.7. The van der Waals surface area contributed by atoms with E-state index in [1.807, 2.05) is 0 Å². The van der Waals surface area contributed by atoms with Crippen molar-refractivity contribution in [2.45, 2.75) is 116 Å².